The number of benzene rings is 2. The number of esters is 2. The topological polar surface area (TPSA) is 120 Å². The lowest BCUT2D eigenvalue weighted by molar-refractivity contribution is -0.136. The van der Waals surface area contributed by atoms with Gasteiger partial charge in [-0.3, -0.25) is 14.2 Å². The molecule has 0 radical (unpaired) electrons. The maximum Gasteiger partial charge on any atom is 0.379 e. The van der Waals surface area contributed by atoms with Gasteiger partial charge < -0.3 is 18.8 Å². The Labute approximate surface area is 249 Å². The molecule has 1 amide bonds. The quantitative estimate of drug-likeness (QED) is 0.235. The van der Waals surface area contributed by atoms with Gasteiger partial charge in [0, 0.05) is 12.1 Å². The van der Waals surface area contributed by atoms with E-state index in [2.05, 4.69) is 11.9 Å². The van der Waals surface area contributed by atoms with Gasteiger partial charge in [0.1, 0.15) is 10.3 Å². The SMILES string of the molecule is CCCCN1C(=O)C(=c2sc3n(c2=O)C(c2ccc(OC(=O)c4ccco4)cc2)C(C(=O)OC)=C(C)N=3)c2ccccc21. The number of unbranched alkanes of at least 4 members (excludes halogenated alkanes) is 1. The maximum absolute atomic E-state index is 14.2. The van der Waals surface area contributed by atoms with Crippen molar-refractivity contribution in [1.29, 1.82) is 0 Å². The molecule has 4 heterocycles. The summed E-state index contributed by atoms with van der Waals surface area (Å²) in [5.74, 6) is -1.22. The number of nitrogens with zero attached hydrogens (tertiary/aromatic N) is 3. The van der Waals surface area contributed by atoms with Crippen molar-refractivity contribution in [2.45, 2.75) is 32.7 Å². The number of furan rings is 1. The number of allylic oxidation sites excluding steroid dienone is 1. The highest BCUT2D eigenvalue weighted by Crippen LogP contribution is 2.36. The van der Waals surface area contributed by atoms with Gasteiger partial charge >= 0.3 is 11.9 Å². The standard InChI is InChI=1S/C32H27N3O7S/c1-4-5-16-34-22-10-7-6-9-21(22)25(28(34)36)27-29(37)35-26(24(31(39)40-3)18(2)33-32(35)43-27)19-12-14-20(15-13-19)42-30(38)23-11-8-17-41-23/h6-15,17,26H,4-5,16H2,1-3H3. The summed E-state index contributed by atoms with van der Waals surface area (Å²) in [6.45, 7) is 4.28. The van der Waals surface area contributed by atoms with Crippen LogP contribution in [0.4, 0.5) is 5.69 Å². The van der Waals surface area contributed by atoms with Crippen LogP contribution in [-0.4, -0.2) is 36.1 Å². The second-order valence-corrected chi connectivity index (χ2v) is 11.0. The van der Waals surface area contributed by atoms with Gasteiger partial charge in [0.15, 0.2) is 4.80 Å². The molecule has 11 heteroatoms. The van der Waals surface area contributed by atoms with E-state index in [1.165, 1.54) is 24.0 Å². The number of carbonyl (C=O) groups excluding carboxylic acids is 3. The van der Waals surface area contributed by atoms with Gasteiger partial charge in [-0.25, -0.2) is 14.6 Å². The Balaban J connectivity index is 1.49. The summed E-state index contributed by atoms with van der Waals surface area (Å²) < 4.78 is 17.3. The van der Waals surface area contributed by atoms with Gasteiger partial charge in [0.2, 0.25) is 5.76 Å². The third-order valence-electron chi connectivity index (χ3n) is 7.42. The zero-order valence-electron chi connectivity index (χ0n) is 23.7. The average molecular weight is 598 g/mol. The molecule has 4 aromatic rings. The monoisotopic (exact) mass is 597 g/mol. The molecular formula is C32H27N3O7S. The summed E-state index contributed by atoms with van der Waals surface area (Å²) in [6.07, 6.45) is 3.11. The van der Waals surface area contributed by atoms with Crippen molar-refractivity contribution in [3.8, 4) is 5.75 Å². The molecule has 218 valence electrons. The molecule has 0 saturated heterocycles. The molecule has 0 N–H and O–H groups in total. The number of amides is 1. The van der Waals surface area contributed by atoms with E-state index in [1.807, 2.05) is 24.3 Å². The molecule has 2 aliphatic heterocycles. The Hall–Kier alpha value is -5.03. The van der Waals surface area contributed by atoms with E-state index in [-0.39, 0.29) is 27.5 Å². The minimum atomic E-state index is -0.893. The summed E-state index contributed by atoms with van der Waals surface area (Å²) in [6, 6.07) is 16.1. The Morgan fingerprint density at radius 1 is 1.02 bits per heavy atom. The Kier molecular flexibility index (Phi) is 7.41. The van der Waals surface area contributed by atoms with E-state index in [0.29, 0.717) is 33.7 Å². The van der Waals surface area contributed by atoms with Crippen LogP contribution in [0.1, 0.15) is 54.4 Å². The van der Waals surface area contributed by atoms with Crippen molar-refractivity contribution in [1.82, 2.24) is 4.57 Å². The highest BCUT2D eigenvalue weighted by Gasteiger charge is 2.37. The smallest absolute Gasteiger partial charge is 0.379 e. The van der Waals surface area contributed by atoms with Gasteiger partial charge in [-0.15, -0.1) is 0 Å². The maximum atomic E-state index is 14.2. The van der Waals surface area contributed by atoms with Gasteiger partial charge in [-0.1, -0.05) is 55.0 Å². The first-order chi connectivity index (χ1) is 20.8. The lowest BCUT2D eigenvalue weighted by Gasteiger charge is -2.24. The summed E-state index contributed by atoms with van der Waals surface area (Å²) in [7, 11) is 1.27. The second kappa shape index (κ2) is 11.3. The normalized spacial score (nSPS) is 17.0. The van der Waals surface area contributed by atoms with Crippen molar-refractivity contribution in [2.24, 2.45) is 4.99 Å². The number of rotatable bonds is 7. The molecule has 2 aromatic carbocycles. The number of aromatic nitrogens is 1. The number of para-hydroxylation sites is 1. The van der Waals surface area contributed by atoms with Gasteiger partial charge in [0.25, 0.3) is 11.5 Å². The van der Waals surface area contributed by atoms with Gasteiger partial charge in [-0.2, -0.15) is 0 Å². The molecule has 10 nitrogen and oxygen atoms in total. The van der Waals surface area contributed by atoms with E-state index >= 15 is 0 Å². The zero-order chi connectivity index (χ0) is 30.2. The fourth-order valence-corrected chi connectivity index (χ4v) is 6.50. The van der Waals surface area contributed by atoms with Crippen LogP contribution < -0.4 is 24.5 Å². The van der Waals surface area contributed by atoms with Crippen LogP contribution in [0.15, 0.2) is 92.4 Å². The first kappa shape index (κ1) is 28.1. The number of ether oxygens (including phenoxy) is 2. The third-order valence-corrected chi connectivity index (χ3v) is 8.47. The molecule has 0 bridgehead atoms. The number of hydrogen-bond acceptors (Lipinski definition) is 9. The molecule has 2 aromatic heterocycles. The number of anilines is 1. The van der Waals surface area contributed by atoms with Crippen LogP contribution in [-0.2, 0) is 14.3 Å². The second-order valence-electron chi connectivity index (χ2n) is 10.0. The van der Waals surface area contributed by atoms with Gasteiger partial charge in [0.05, 0.1) is 41.9 Å². The minimum absolute atomic E-state index is 0.0558. The van der Waals surface area contributed by atoms with Crippen LogP contribution >= 0.6 is 11.3 Å². The number of thiazole rings is 1. The molecule has 0 saturated carbocycles. The lowest BCUT2D eigenvalue weighted by Crippen LogP contribution is -2.40. The zero-order valence-corrected chi connectivity index (χ0v) is 24.5. The predicted octanol–water partition coefficient (Wildman–Crippen LogP) is 3.74. The summed E-state index contributed by atoms with van der Waals surface area (Å²) in [5, 5.41) is 0. The predicted molar refractivity (Wildman–Crippen MR) is 159 cm³/mol. The fraction of sp³-hybridized carbons (Fsp3) is 0.219. The van der Waals surface area contributed by atoms with E-state index in [4.69, 9.17) is 13.9 Å². The average Bonchev–Trinajstić information content (AvgIpc) is 3.72. The van der Waals surface area contributed by atoms with E-state index in [1.54, 1.807) is 42.2 Å². The van der Waals surface area contributed by atoms with Crippen molar-refractivity contribution >= 4 is 40.4 Å². The summed E-state index contributed by atoms with van der Waals surface area (Å²) in [5.41, 5.74) is 2.50. The number of methoxy groups -OCH3 is 1. The number of hydrogen-bond donors (Lipinski definition) is 0. The van der Waals surface area contributed by atoms with E-state index in [9.17, 15) is 19.2 Å². The largest absolute Gasteiger partial charge is 0.466 e. The van der Waals surface area contributed by atoms with Crippen LogP contribution in [0.5, 0.6) is 5.75 Å². The minimum Gasteiger partial charge on any atom is -0.466 e. The van der Waals surface area contributed by atoms with Crippen molar-refractivity contribution < 1.29 is 28.3 Å². The molecule has 2 aliphatic rings. The van der Waals surface area contributed by atoms with Crippen LogP contribution in [0.2, 0.25) is 0 Å². The molecule has 1 unspecified atom stereocenters. The molecule has 0 spiro atoms. The molecule has 0 fully saturated rings. The molecule has 6 rings (SSSR count). The number of fused-ring (bicyclic) bond motifs is 2. The lowest BCUT2D eigenvalue weighted by atomic mass is 9.96. The molecular weight excluding hydrogens is 570 g/mol. The highest BCUT2D eigenvalue weighted by atomic mass is 32.1. The van der Waals surface area contributed by atoms with Crippen LogP contribution in [0, 0.1) is 0 Å². The van der Waals surface area contributed by atoms with Crippen LogP contribution in [0.3, 0.4) is 0 Å². The number of carbonyl (C=O) groups is 3. The Morgan fingerprint density at radius 2 is 1.79 bits per heavy atom. The van der Waals surface area contributed by atoms with E-state index in [0.717, 1.165) is 29.9 Å². The molecule has 1 atom stereocenters. The van der Waals surface area contributed by atoms with Gasteiger partial charge in [-0.05, 0) is 49.2 Å². The highest BCUT2D eigenvalue weighted by molar-refractivity contribution is 7.07. The first-order valence-corrected chi connectivity index (χ1v) is 14.6. The Morgan fingerprint density at radius 3 is 2.49 bits per heavy atom. The molecule has 0 aliphatic carbocycles. The van der Waals surface area contributed by atoms with Crippen molar-refractivity contribution in [3.05, 3.63) is 115 Å². The third kappa shape index (κ3) is 4.81. The summed E-state index contributed by atoms with van der Waals surface area (Å²) >= 11 is 1.12. The Bertz CT molecular complexity index is 1970. The van der Waals surface area contributed by atoms with Crippen LogP contribution in [0.25, 0.3) is 5.57 Å². The molecule has 43 heavy (non-hydrogen) atoms. The fourth-order valence-electron chi connectivity index (χ4n) is 5.37. The van der Waals surface area contributed by atoms with Crippen molar-refractivity contribution in [3.63, 3.8) is 0 Å². The first-order valence-electron chi connectivity index (χ1n) is 13.7. The van der Waals surface area contributed by atoms with Crippen molar-refractivity contribution in [2.75, 3.05) is 18.6 Å². The summed E-state index contributed by atoms with van der Waals surface area (Å²) in [4.78, 5) is 60.1. The van der Waals surface area contributed by atoms with E-state index < -0.39 is 23.5 Å².